The van der Waals surface area contributed by atoms with Gasteiger partial charge in [0.1, 0.15) is 0 Å². The highest BCUT2D eigenvalue weighted by Crippen LogP contribution is 2.40. The molecule has 3 fully saturated rings. The van der Waals surface area contributed by atoms with Crippen LogP contribution in [-0.2, 0) is 0 Å². The molecular formula is C17H32N2. The molecule has 1 heterocycles. The van der Waals surface area contributed by atoms with Crippen molar-refractivity contribution in [2.24, 2.45) is 11.3 Å². The Balaban J connectivity index is 1.41. The maximum absolute atomic E-state index is 3.89. The van der Waals surface area contributed by atoms with Crippen LogP contribution >= 0.6 is 0 Å². The first-order valence-corrected chi connectivity index (χ1v) is 8.78. The van der Waals surface area contributed by atoms with E-state index in [1.807, 2.05) is 0 Å². The van der Waals surface area contributed by atoms with Gasteiger partial charge in [-0.15, -0.1) is 0 Å². The Morgan fingerprint density at radius 2 is 1.89 bits per heavy atom. The van der Waals surface area contributed by atoms with Crippen molar-refractivity contribution in [1.82, 2.24) is 10.6 Å². The largest absolute Gasteiger partial charge is 0.315 e. The van der Waals surface area contributed by atoms with Crippen LogP contribution in [0.5, 0.6) is 0 Å². The molecule has 3 rings (SSSR count). The summed E-state index contributed by atoms with van der Waals surface area (Å²) in [5.41, 5.74) is 0.644. The molecule has 2 saturated carbocycles. The highest BCUT2D eigenvalue weighted by Gasteiger charge is 2.35. The quantitative estimate of drug-likeness (QED) is 0.794. The zero-order valence-corrected chi connectivity index (χ0v) is 12.7. The minimum Gasteiger partial charge on any atom is -0.315 e. The summed E-state index contributed by atoms with van der Waals surface area (Å²) in [5, 5.41) is 7.69. The molecule has 2 N–H and O–H groups in total. The molecule has 0 bridgehead atoms. The van der Waals surface area contributed by atoms with Crippen molar-refractivity contribution in [2.75, 3.05) is 13.1 Å². The van der Waals surface area contributed by atoms with Gasteiger partial charge in [-0.05, 0) is 49.9 Å². The van der Waals surface area contributed by atoms with E-state index >= 15 is 0 Å². The predicted octanol–water partition coefficient (Wildman–Crippen LogP) is 3.47. The first-order chi connectivity index (χ1) is 9.31. The van der Waals surface area contributed by atoms with E-state index in [1.54, 1.807) is 0 Å². The minimum absolute atomic E-state index is 0.644. The Bertz CT molecular complexity index is 269. The average molecular weight is 264 g/mol. The van der Waals surface area contributed by atoms with Gasteiger partial charge >= 0.3 is 0 Å². The van der Waals surface area contributed by atoms with Crippen molar-refractivity contribution in [3.05, 3.63) is 0 Å². The van der Waals surface area contributed by atoms with E-state index in [-0.39, 0.29) is 0 Å². The molecule has 2 aliphatic carbocycles. The van der Waals surface area contributed by atoms with Gasteiger partial charge in [-0.3, -0.25) is 0 Å². The Labute approximate surface area is 119 Å². The van der Waals surface area contributed by atoms with Gasteiger partial charge in [-0.1, -0.05) is 32.6 Å². The fourth-order valence-electron chi connectivity index (χ4n) is 4.88. The summed E-state index contributed by atoms with van der Waals surface area (Å²) in [6.07, 6.45) is 14.5. The van der Waals surface area contributed by atoms with Gasteiger partial charge in [-0.25, -0.2) is 0 Å². The molecule has 0 amide bonds. The molecule has 2 heteroatoms. The lowest BCUT2D eigenvalue weighted by Gasteiger charge is -2.28. The summed E-state index contributed by atoms with van der Waals surface area (Å²) in [6.45, 7) is 4.85. The van der Waals surface area contributed by atoms with E-state index in [4.69, 9.17) is 0 Å². The minimum atomic E-state index is 0.644. The second-order valence-electron chi connectivity index (χ2n) is 7.44. The molecule has 110 valence electrons. The number of rotatable bonds is 5. The van der Waals surface area contributed by atoms with E-state index in [9.17, 15) is 0 Å². The summed E-state index contributed by atoms with van der Waals surface area (Å²) in [7, 11) is 0. The monoisotopic (exact) mass is 264 g/mol. The van der Waals surface area contributed by atoms with Gasteiger partial charge in [0.15, 0.2) is 0 Å². The third kappa shape index (κ3) is 3.16. The van der Waals surface area contributed by atoms with Gasteiger partial charge in [0.2, 0.25) is 0 Å². The van der Waals surface area contributed by atoms with Gasteiger partial charge in [0.05, 0.1) is 0 Å². The van der Waals surface area contributed by atoms with E-state index in [2.05, 4.69) is 17.6 Å². The van der Waals surface area contributed by atoms with Crippen molar-refractivity contribution < 1.29 is 0 Å². The van der Waals surface area contributed by atoms with Crippen LogP contribution < -0.4 is 10.6 Å². The van der Waals surface area contributed by atoms with E-state index in [1.165, 1.54) is 77.3 Å². The van der Waals surface area contributed by atoms with Crippen LogP contribution in [0.2, 0.25) is 0 Å². The predicted molar refractivity (Wildman–Crippen MR) is 81.3 cm³/mol. The second kappa shape index (κ2) is 6.13. The van der Waals surface area contributed by atoms with Crippen molar-refractivity contribution in [1.29, 1.82) is 0 Å². The summed E-state index contributed by atoms with van der Waals surface area (Å²) in [6, 6.07) is 1.61. The van der Waals surface area contributed by atoms with Crippen molar-refractivity contribution >= 4 is 0 Å². The van der Waals surface area contributed by atoms with Gasteiger partial charge in [0, 0.05) is 25.2 Å². The maximum Gasteiger partial charge on any atom is 0.0198 e. The van der Waals surface area contributed by atoms with Crippen LogP contribution in [0, 0.1) is 11.3 Å². The van der Waals surface area contributed by atoms with E-state index < -0.39 is 0 Å². The van der Waals surface area contributed by atoms with Gasteiger partial charge in [0.25, 0.3) is 0 Å². The number of hydrogen-bond acceptors (Lipinski definition) is 2. The highest BCUT2D eigenvalue weighted by atomic mass is 15.0. The van der Waals surface area contributed by atoms with Crippen LogP contribution in [0.3, 0.4) is 0 Å². The van der Waals surface area contributed by atoms with Crippen molar-refractivity contribution in [3.63, 3.8) is 0 Å². The lowest BCUT2D eigenvalue weighted by atomic mass is 9.83. The molecule has 1 aliphatic heterocycles. The van der Waals surface area contributed by atoms with Crippen LogP contribution in [0.1, 0.15) is 71.1 Å². The fraction of sp³-hybridized carbons (Fsp3) is 1.00. The SMILES string of the molecule is CCC1(CNCC2CC3CCCCC3N2)CCCC1. The lowest BCUT2D eigenvalue weighted by Crippen LogP contribution is -2.41. The molecule has 0 aromatic carbocycles. The van der Waals surface area contributed by atoms with Gasteiger partial charge < -0.3 is 10.6 Å². The number of nitrogens with one attached hydrogen (secondary N) is 2. The average Bonchev–Trinajstić information content (AvgIpc) is 3.05. The Morgan fingerprint density at radius 3 is 2.63 bits per heavy atom. The zero-order valence-electron chi connectivity index (χ0n) is 12.7. The fourth-order valence-corrected chi connectivity index (χ4v) is 4.88. The van der Waals surface area contributed by atoms with Crippen molar-refractivity contribution in [3.8, 4) is 0 Å². The Morgan fingerprint density at radius 1 is 1.11 bits per heavy atom. The molecule has 3 aliphatic rings. The molecule has 0 spiro atoms. The second-order valence-corrected chi connectivity index (χ2v) is 7.44. The molecule has 2 nitrogen and oxygen atoms in total. The smallest absolute Gasteiger partial charge is 0.0198 e. The molecule has 19 heavy (non-hydrogen) atoms. The van der Waals surface area contributed by atoms with Crippen molar-refractivity contribution in [2.45, 2.75) is 83.2 Å². The summed E-state index contributed by atoms with van der Waals surface area (Å²) >= 11 is 0. The zero-order chi connectivity index (χ0) is 13.1. The first-order valence-electron chi connectivity index (χ1n) is 8.78. The molecule has 3 atom stereocenters. The van der Waals surface area contributed by atoms with E-state index in [0.29, 0.717) is 5.41 Å². The molecular weight excluding hydrogens is 232 g/mol. The molecule has 3 unspecified atom stereocenters. The Kier molecular flexibility index (Phi) is 4.48. The van der Waals surface area contributed by atoms with Crippen LogP contribution in [-0.4, -0.2) is 25.2 Å². The number of hydrogen-bond donors (Lipinski definition) is 2. The first kappa shape index (κ1) is 13.9. The summed E-state index contributed by atoms with van der Waals surface area (Å²) in [4.78, 5) is 0. The van der Waals surface area contributed by atoms with E-state index in [0.717, 1.165) is 18.0 Å². The lowest BCUT2D eigenvalue weighted by molar-refractivity contribution is 0.265. The maximum atomic E-state index is 3.89. The third-order valence-electron chi connectivity index (χ3n) is 6.25. The third-order valence-corrected chi connectivity index (χ3v) is 6.25. The summed E-state index contributed by atoms with van der Waals surface area (Å²) < 4.78 is 0. The van der Waals surface area contributed by atoms with Crippen LogP contribution in [0.15, 0.2) is 0 Å². The van der Waals surface area contributed by atoms with Crippen LogP contribution in [0.4, 0.5) is 0 Å². The molecule has 0 aromatic heterocycles. The number of fused-ring (bicyclic) bond motifs is 1. The summed E-state index contributed by atoms with van der Waals surface area (Å²) in [5.74, 6) is 0.993. The topological polar surface area (TPSA) is 24.1 Å². The molecule has 1 saturated heterocycles. The molecule has 0 radical (unpaired) electrons. The normalized spacial score (nSPS) is 37.4. The Hall–Kier alpha value is -0.0800. The van der Waals surface area contributed by atoms with Gasteiger partial charge in [-0.2, -0.15) is 0 Å². The van der Waals surface area contributed by atoms with Crippen LogP contribution in [0.25, 0.3) is 0 Å². The standard InChI is InChI=1S/C17H32N2/c1-2-17(9-5-6-10-17)13-18-12-15-11-14-7-3-4-8-16(14)19-15/h14-16,18-19H,2-13H2,1H3. The highest BCUT2D eigenvalue weighted by molar-refractivity contribution is 4.94. The molecule has 0 aromatic rings.